The Balaban J connectivity index is 1.74. The van der Waals surface area contributed by atoms with Gasteiger partial charge in [0.1, 0.15) is 10.6 Å². The van der Waals surface area contributed by atoms with Crippen LogP contribution in [0.1, 0.15) is 37.1 Å². The Kier molecular flexibility index (Phi) is 6.54. The zero-order chi connectivity index (χ0) is 18.4. The minimum atomic E-state index is -3.78. The molecule has 0 aromatic carbocycles. The van der Waals surface area contributed by atoms with Gasteiger partial charge in [0.15, 0.2) is 5.76 Å². The van der Waals surface area contributed by atoms with E-state index in [2.05, 4.69) is 15.2 Å². The number of aryl methyl sites for hydroxylation is 2. The molecule has 0 atom stereocenters. The molecule has 1 aliphatic heterocycles. The van der Waals surface area contributed by atoms with Crippen LogP contribution in [0, 0.1) is 13.8 Å². The summed E-state index contributed by atoms with van der Waals surface area (Å²) in [7, 11) is -3.78. The van der Waals surface area contributed by atoms with E-state index in [0.29, 0.717) is 0 Å². The second kappa shape index (κ2) is 8.43. The third-order valence-electron chi connectivity index (χ3n) is 4.03. The molecule has 1 aliphatic rings. The van der Waals surface area contributed by atoms with Gasteiger partial charge >= 0.3 is 0 Å². The van der Waals surface area contributed by atoms with Crippen LogP contribution in [0.2, 0.25) is 0 Å². The molecule has 2 heterocycles. The fourth-order valence-corrected chi connectivity index (χ4v) is 4.10. The quantitative estimate of drug-likeness (QED) is 0.699. The van der Waals surface area contributed by atoms with Crippen molar-refractivity contribution in [3.05, 3.63) is 11.5 Å². The Morgan fingerprint density at radius 3 is 2.48 bits per heavy atom. The lowest BCUT2D eigenvalue weighted by Crippen LogP contribution is -2.43. The van der Waals surface area contributed by atoms with Crippen LogP contribution in [-0.4, -0.2) is 56.5 Å². The lowest BCUT2D eigenvalue weighted by Gasteiger charge is -2.26. The molecule has 9 nitrogen and oxygen atoms in total. The van der Waals surface area contributed by atoms with Crippen LogP contribution in [0.4, 0.5) is 0 Å². The van der Waals surface area contributed by atoms with Gasteiger partial charge in [0.25, 0.3) is 0 Å². The SMILES string of the molecule is Cc1noc(C)c1S(=O)(=O)NCCC(=O)NCC(=O)N1CCCCC1. The average Bonchev–Trinajstić information content (AvgIpc) is 2.92. The van der Waals surface area contributed by atoms with Crippen molar-refractivity contribution in [3.8, 4) is 0 Å². The molecular weight excluding hydrogens is 348 g/mol. The number of hydrogen-bond donors (Lipinski definition) is 2. The molecule has 2 N–H and O–H groups in total. The zero-order valence-corrected chi connectivity index (χ0v) is 15.3. The maximum atomic E-state index is 12.2. The number of sulfonamides is 1. The van der Waals surface area contributed by atoms with Crippen molar-refractivity contribution >= 4 is 21.8 Å². The first-order valence-corrected chi connectivity index (χ1v) is 9.76. The lowest BCUT2D eigenvalue weighted by molar-refractivity contribution is -0.133. The van der Waals surface area contributed by atoms with Gasteiger partial charge in [-0.1, -0.05) is 5.16 Å². The van der Waals surface area contributed by atoms with Gasteiger partial charge < -0.3 is 14.7 Å². The first-order valence-electron chi connectivity index (χ1n) is 8.28. The highest BCUT2D eigenvalue weighted by Crippen LogP contribution is 2.18. The van der Waals surface area contributed by atoms with Crippen LogP contribution >= 0.6 is 0 Å². The topological polar surface area (TPSA) is 122 Å². The number of likely N-dealkylation sites (tertiary alicyclic amines) is 1. The van der Waals surface area contributed by atoms with Gasteiger partial charge in [0.2, 0.25) is 21.8 Å². The van der Waals surface area contributed by atoms with Crippen LogP contribution in [-0.2, 0) is 19.6 Å². The maximum Gasteiger partial charge on any atom is 0.245 e. The number of piperidine rings is 1. The lowest BCUT2D eigenvalue weighted by atomic mass is 10.1. The number of nitrogens with zero attached hydrogens (tertiary/aromatic N) is 2. The van der Waals surface area contributed by atoms with Gasteiger partial charge in [-0.15, -0.1) is 0 Å². The van der Waals surface area contributed by atoms with Crippen molar-refractivity contribution in [2.75, 3.05) is 26.2 Å². The average molecular weight is 372 g/mol. The Bertz CT molecular complexity index is 703. The highest BCUT2D eigenvalue weighted by atomic mass is 32.2. The van der Waals surface area contributed by atoms with E-state index in [1.165, 1.54) is 13.8 Å². The standard InChI is InChI=1S/C15H24N4O5S/c1-11-15(12(2)24-18-11)25(22,23)17-7-6-13(20)16-10-14(21)19-8-4-3-5-9-19/h17H,3-10H2,1-2H3,(H,16,20). The Morgan fingerprint density at radius 2 is 1.88 bits per heavy atom. The number of amides is 2. The molecule has 140 valence electrons. The third kappa shape index (κ3) is 5.27. The van der Waals surface area contributed by atoms with Crippen molar-refractivity contribution in [2.45, 2.75) is 44.4 Å². The Labute approximate surface area is 147 Å². The molecule has 1 aromatic heterocycles. The monoisotopic (exact) mass is 372 g/mol. The zero-order valence-electron chi connectivity index (χ0n) is 14.5. The summed E-state index contributed by atoms with van der Waals surface area (Å²) in [5.74, 6) is -0.294. The molecule has 25 heavy (non-hydrogen) atoms. The highest BCUT2D eigenvalue weighted by molar-refractivity contribution is 7.89. The van der Waals surface area contributed by atoms with Gasteiger partial charge in [-0.05, 0) is 33.1 Å². The summed E-state index contributed by atoms with van der Waals surface area (Å²) >= 11 is 0. The van der Waals surface area contributed by atoms with Crippen LogP contribution < -0.4 is 10.0 Å². The van der Waals surface area contributed by atoms with Crippen molar-refractivity contribution < 1.29 is 22.5 Å². The molecule has 1 fully saturated rings. The summed E-state index contributed by atoms with van der Waals surface area (Å²) in [5.41, 5.74) is 0.265. The van der Waals surface area contributed by atoms with E-state index in [1.54, 1.807) is 4.90 Å². The van der Waals surface area contributed by atoms with Gasteiger partial charge in [-0.3, -0.25) is 9.59 Å². The first-order chi connectivity index (χ1) is 11.8. The third-order valence-corrected chi connectivity index (χ3v) is 5.73. The second-order valence-electron chi connectivity index (χ2n) is 6.02. The van der Waals surface area contributed by atoms with E-state index < -0.39 is 10.0 Å². The summed E-state index contributed by atoms with van der Waals surface area (Å²) in [6.45, 7) is 4.36. The maximum absolute atomic E-state index is 12.2. The van der Waals surface area contributed by atoms with Crippen LogP contribution in [0.3, 0.4) is 0 Å². The molecule has 0 unspecified atom stereocenters. The van der Waals surface area contributed by atoms with Crippen molar-refractivity contribution in [2.24, 2.45) is 0 Å². The molecule has 1 saturated heterocycles. The molecule has 0 spiro atoms. The Hall–Kier alpha value is -1.94. The van der Waals surface area contributed by atoms with Crippen molar-refractivity contribution in [3.63, 3.8) is 0 Å². The van der Waals surface area contributed by atoms with Gasteiger partial charge in [-0.25, -0.2) is 13.1 Å². The van der Waals surface area contributed by atoms with Crippen LogP contribution in [0.5, 0.6) is 0 Å². The second-order valence-corrected chi connectivity index (χ2v) is 7.72. The molecule has 0 aliphatic carbocycles. The fraction of sp³-hybridized carbons (Fsp3) is 0.667. The molecule has 2 amide bonds. The molecule has 10 heteroatoms. The fourth-order valence-electron chi connectivity index (χ4n) is 2.75. The first kappa shape index (κ1) is 19.4. The summed E-state index contributed by atoms with van der Waals surface area (Å²) in [6, 6.07) is 0. The molecular formula is C15H24N4O5S. The highest BCUT2D eigenvalue weighted by Gasteiger charge is 2.24. The normalized spacial score (nSPS) is 15.2. The van der Waals surface area contributed by atoms with E-state index >= 15 is 0 Å². The van der Waals surface area contributed by atoms with Gasteiger partial charge in [0.05, 0.1) is 6.54 Å². The van der Waals surface area contributed by atoms with E-state index in [1.807, 2.05) is 0 Å². The predicted octanol–water partition coefficient (Wildman–Crippen LogP) is 0.0885. The van der Waals surface area contributed by atoms with Gasteiger partial charge in [-0.2, -0.15) is 0 Å². The van der Waals surface area contributed by atoms with E-state index in [9.17, 15) is 18.0 Å². The number of nitrogens with one attached hydrogen (secondary N) is 2. The van der Waals surface area contributed by atoms with E-state index in [0.717, 1.165) is 32.4 Å². The largest absolute Gasteiger partial charge is 0.360 e. The molecule has 2 rings (SSSR count). The predicted molar refractivity (Wildman–Crippen MR) is 89.2 cm³/mol. The van der Waals surface area contributed by atoms with Crippen molar-refractivity contribution in [1.82, 2.24) is 20.1 Å². The Morgan fingerprint density at radius 1 is 1.20 bits per heavy atom. The molecule has 0 radical (unpaired) electrons. The minimum Gasteiger partial charge on any atom is -0.360 e. The summed E-state index contributed by atoms with van der Waals surface area (Å²) in [4.78, 5) is 25.5. The number of carbonyl (C=O) groups excluding carboxylic acids is 2. The van der Waals surface area contributed by atoms with Crippen LogP contribution in [0.25, 0.3) is 0 Å². The summed E-state index contributed by atoms with van der Waals surface area (Å²) in [5, 5.41) is 6.13. The molecule has 0 saturated carbocycles. The van der Waals surface area contributed by atoms with Crippen LogP contribution in [0.15, 0.2) is 9.42 Å². The number of aromatic nitrogens is 1. The smallest absolute Gasteiger partial charge is 0.245 e. The van der Waals surface area contributed by atoms with E-state index in [4.69, 9.17) is 4.52 Å². The van der Waals surface area contributed by atoms with Crippen molar-refractivity contribution in [1.29, 1.82) is 0 Å². The summed E-state index contributed by atoms with van der Waals surface area (Å²) < 4.78 is 31.6. The summed E-state index contributed by atoms with van der Waals surface area (Å²) in [6.07, 6.45) is 3.05. The molecule has 1 aromatic rings. The number of hydrogen-bond acceptors (Lipinski definition) is 6. The van der Waals surface area contributed by atoms with Gasteiger partial charge in [0, 0.05) is 26.1 Å². The number of rotatable bonds is 7. The minimum absolute atomic E-state index is 0.00631. The number of carbonyl (C=O) groups is 2. The van der Waals surface area contributed by atoms with E-state index in [-0.39, 0.29) is 47.7 Å². The molecule has 0 bridgehead atoms.